The minimum Gasteiger partial charge on any atom is -0.312 e. The summed E-state index contributed by atoms with van der Waals surface area (Å²) in [6, 6.07) is 5.57. The van der Waals surface area contributed by atoms with Crippen LogP contribution in [-0.2, 0) is 13.1 Å². The van der Waals surface area contributed by atoms with Crippen molar-refractivity contribution in [3.8, 4) is 0 Å². The summed E-state index contributed by atoms with van der Waals surface area (Å²) in [6.07, 6.45) is 8.51. The van der Waals surface area contributed by atoms with E-state index in [2.05, 4.69) is 29.3 Å². The Hall–Kier alpha value is -0.380. The second-order valence-corrected chi connectivity index (χ2v) is 7.67. The zero-order chi connectivity index (χ0) is 13.8. The fourth-order valence-electron chi connectivity index (χ4n) is 3.94. The smallest absolute Gasteiger partial charge is 0.0331 e. The van der Waals surface area contributed by atoms with Gasteiger partial charge in [0.15, 0.2) is 0 Å². The van der Waals surface area contributed by atoms with Crippen LogP contribution in [0.25, 0.3) is 0 Å². The predicted molar refractivity (Wildman–Crippen MR) is 87.1 cm³/mol. The van der Waals surface area contributed by atoms with Gasteiger partial charge in [-0.25, -0.2) is 0 Å². The highest BCUT2D eigenvalue weighted by Crippen LogP contribution is 2.37. The molecule has 2 fully saturated rings. The molecule has 2 nitrogen and oxygen atoms in total. The van der Waals surface area contributed by atoms with Crippen LogP contribution in [0.4, 0.5) is 0 Å². The first-order valence-corrected chi connectivity index (χ1v) is 9.21. The number of hydrogen-bond donors (Lipinski definition) is 1. The molecule has 1 saturated heterocycles. The first-order valence-electron chi connectivity index (χ1n) is 8.39. The lowest BCUT2D eigenvalue weighted by atomic mass is 9.92. The van der Waals surface area contributed by atoms with E-state index in [-0.39, 0.29) is 0 Å². The molecular weight excluding hydrogens is 264 g/mol. The third-order valence-electron chi connectivity index (χ3n) is 4.91. The number of hydrogen-bond acceptors (Lipinski definition) is 3. The molecule has 0 radical (unpaired) electrons. The molecule has 3 rings (SSSR count). The molecule has 112 valence electrons. The van der Waals surface area contributed by atoms with Crippen LogP contribution < -0.4 is 5.32 Å². The zero-order valence-corrected chi connectivity index (χ0v) is 13.6. The minimum atomic E-state index is 0.896. The lowest BCUT2D eigenvalue weighted by Crippen LogP contribution is -2.41. The molecule has 0 amide bonds. The Morgan fingerprint density at radius 2 is 2.05 bits per heavy atom. The first-order chi connectivity index (χ1) is 9.86. The molecule has 0 bridgehead atoms. The monoisotopic (exact) mass is 292 g/mol. The number of fused-ring (bicyclic) bond motifs is 1. The van der Waals surface area contributed by atoms with Gasteiger partial charge in [0.1, 0.15) is 0 Å². The SMILES string of the molecule is CCCNCc1ccc(CN2CCCC3CCCC32)s1. The lowest BCUT2D eigenvalue weighted by Gasteiger charge is -2.37. The number of piperidine rings is 1. The van der Waals surface area contributed by atoms with Crippen molar-refractivity contribution in [2.45, 2.75) is 64.6 Å². The highest BCUT2D eigenvalue weighted by molar-refractivity contribution is 7.11. The largest absolute Gasteiger partial charge is 0.312 e. The van der Waals surface area contributed by atoms with Crippen molar-refractivity contribution in [3.63, 3.8) is 0 Å². The van der Waals surface area contributed by atoms with Gasteiger partial charge in [0.2, 0.25) is 0 Å². The molecule has 1 aromatic heterocycles. The Labute approximate surface area is 127 Å². The maximum atomic E-state index is 3.50. The van der Waals surface area contributed by atoms with Crippen LogP contribution in [0.15, 0.2) is 12.1 Å². The Morgan fingerprint density at radius 3 is 2.95 bits per heavy atom. The van der Waals surface area contributed by atoms with Crippen molar-refractivity contribution >= 4 is 11.3 Å². The molecule has 2 atom stereocenters. The summed E-state index contributed by atoms with van der Waals surface area (Å²) in [7, 11) is 0. The van der Waals surface area contributed by atoms with Crippen LogP contribution in [0.1, 0.15) is 55.2 Å². The van der Waals surface area contributed by atoms with Gasteiger partial charge in [-0.2, -0.15) is 0 Å². The van der Waals surface area contributed by atoms with Gasteiger partial charge in [-0.15, -0.1) is 11.3 Å². The second kappa shape index (κ2) is 7.06. The van der Waals surface area contributed by atoms with Gasteiger partial charge in [0.25, 0.3) is 0 Å². The lowest BCUT2D eigenvalue weighted by molar-refractivity contribution is 0.107. The number of nitrogens with one attached hydrogen (secondary N) is 1. The van der Waals surface area contributed by atoms with E-state index in [0.717, 1.165) is 25.0 Å². The van der Waals surface area contributed by atoms with Crippen LogP contribution in [0.5, 0.6) is 0 Å². The van der Waals surface area contributed by atoms with Crippen LogP contribution in [0.3, 0.4) is 0 Å². The molecule has 1 N–H and O–H groups in total. The van der Waals surface area contributed by atoms with E-state index >= 15 is 0 Å². The number of thiophene rings is 1. The number of nitrogens with zero attached hydrogens (tertiary/aromatic N) is 1. The van der Waals surface area contributed by atoms with E-state index in [4.69, 9.17) is 0 Å². The average Bonchev–Trinajstić information content (AvgIpc) is 3.09. The Balaban J connectivity index is 1.54. The van der Waals surface area contributed by atoms with Gasteiger partial charge in [-0.05, 0) is 63.2 Å². The van der Waals surface area contributed by atoms with Crippen LogP contribution in [0.2, 0.25) is 0 Å². The summed E-state index contributed by atoms with van der Waals surface area (Å²) in [5.74, 6) is 1.01. The van der Waals surface area contributed by atoms with E-state index in [0.29, 0.717) is 0 Å². The maximum Gasteiger partial charge on any atom is 0.0331 e. The van der Waals surface area contributed by atoms with Crippen molar-refractivity contribution in [2.24, 2.45) is 5.92 Å². The highest BCUT2D eigenvalue weighted by atomic mass is 32.1. The summed E-state index contributed by atoms with van der Waals surface area (Å²) >= 11 is 2.01. The summed E-state index contributed by atoms with van der Waals surface area (Å²) in [4.78, 5) is 5.83. The maximum absolute atomic E-state index is 3.50. The van der Waals surface area contributed by atoms with Crippen LogP contribution in [0, 0.1) is 5.92 Å². The molecule has 1 aliphatic carbocycles. The van der Waals surface area contributed by atoms with Gasteiger partial charge in [-0.1, -0.05) is 13.3 Å². The molecule has 2 heterocycles. The number of rotatable bonds is 6. The van der Waals surface area contributed by atoms with E-state index < -0.39 is 0 Å². The van der Waals surface area contributed by atoms with Crippen molar-refractivity contribution in [1.29, 1.82) is 0 Å². The van der Waals surface area contributed by atoms with Crippen LogP contribution in [-0.4, -0.2) is 24.0 Å². The Kier molecular flexibility index (Phi) is 5.14. The second-order valence-electron chi connectivity index (χ2n) is 6.42. The first kappa shape index (κ1) is 14.6. The van der Waals surface area contributed by atoms with E-state index in [1.54, 1.807) is 4.88 Å². The van der Waals surface area contributed by atoms with Gasteiger partial charge >= 0.3 is 0 Å². The van der Waals surface area contributed by atoms with Crippen molar-refractivity contribution in [1.82, 2.24) is 10.2 Å². The molecular formula is C17H28N2S. The fraction of sp³-hybridized carbons (Fsp3) is 0.765. The fourth-order valence-corrected chi connectivity index (χ4v) is 4.96. The third-order valence-corrected chi connectivity index (χ3v) is 5.98. The third kappa shape index (κ3) is 3.44. The molecule has 1 aliphatic heterocycles. The standard InChI is InChI=1S/C17H28N2S/c1-2-10-18-12-15-8-9-16(20-15)13-19-11-4-6-14-5-3-7-17(14)19/h8-9,14,17-18H,2-7,10-13H2,1H3. The van der Waals surface area contributed by atoms with Crippen molar-refractivity contribution < 1.29 is 0 Å². The molecule has 2 aliphatic rings. The highest BCUT2D eigenvalue weighted by Gasteiger charge is 2.34. The molecule has 1 aromatic rings. The van der Waals surface area contributed by atoms with Crippen molar-refractivity contribution in [2.75, 3.05) is 13.1 Å². The summed E-state index contributed by atoms with van der Waals surface area (Å²) in [5, 5.41) is 3.50. The minimum absolute atomic E-state index is 0.896. The normalized spacial score (nSPS) is 26.9. The summed E-state index contributed by atoms with van der Waals surface area (Å²) < 4.78 is 0. The van der Waals surface area contributed by atoms with E-state index in [1.165, 1.54) is 56.5 Å². The molecule has 2 unspecified atom stereocenters. The predicted octanol–water partition coefficient (Wildman–Crippen LogP) is 4.01. The zero-order valence-electron chi connectivity index (χ0n) is 12.7. The molecule has 1 saturated carbocycles. The molecule has 0 aromatic carbocycles. The van der Waals surface area contributed by atoms with E-state index in [9.17, 15) is 0 Å². The van der Waals surface area contributed by atoms with Crippen molar-refractivity contribution in [3.05, 3.63) is 21.9 Å². The topological polar surface area (TPSA) is 15.3 Å². The Morgan fingerprint density at radius 1 is 1.20 bits per heavy atom. The molecule has 20 heavy (non-hydrogen) atoms. The van der Waals surface area contributed by atoms with Crippen LogP contribution >= 0.6 is 11.3 Å². The Bertz CT molecular complexity index is 415. The summed E-state index contributed by atoms with van der Waals surface area (Å²) in [5.41, 5.74) is 0. The quantitative estimate of drug-likeness (QED) is 0.797. The number of likely N-dealkylation sites (tertiary alicyclic amines) is 1. The molecule has 0 spiro atoms. The van der Waals surface area contributed by atoms with Gasteiger partial charge in [0.05, 0.1) is 0 Å². The summed E-state index contributed by atoms with van der Waals surface area (Å²) in [6.45, 7) is 6.91. The van der Waals surface area contributed by atoms with Gasteiger partial charge in [-0.3, -0.25) is 4.90 Å². The average molecular weight is 292 g/mol. The molecule has 3 heteroatoms. The van der Waals surface area contributed by atoms with Gasteiger partial charge in [0, 0.05) is 28.9 Å². The van der Waals surface area contributed by atoms with E-state index in [1.807, 2.05) is 11.3 Å². The van der Waals surface area contributed by atoms with Gasteiger partial charge < -0.3 is 5.32 Å².